The Morgan fingerprint density at radius 2 is 1.89 bits per heavy atom. The Bertz CT molecular complexity index is 1010. The molecule has 1 aromatic carbocycles. The third-order valence-electron chi connectivity index (χ3n) is 4.02. The van der Waals surface area contributed by atoms with Crippen LogP contribution in [0.4, 0.5) is 0 Å². The normalized spacial score (nSPS) is 13.2. The number of nitrogens with zero attached hydrogens (tertiary/aromatic N) is 4. The highest BCUT2D eigenvalue weighted by molar-refractivity contribution is 7.89. The third kappa shape index (κ3) is 4.61. The number of hydrogen-bond donors (Lipinski definition) is 1. The van der Waals surface area contributed by atoms with Gasteiger partial charge in [-0.25, -0.2) is 8.42 Å². The monoisotopic (exact) mass is 389 g/mol. The first-order chi connectivity index (χ1) is 12.7. The fourth-order valence-corrected chi connectivity index (χ4v) is 3.86. The molecule has 27 heavy (non-hydrogen) atoms. The number of aromatic nitrogens is 4. The van der Waals surface area contributed by atoms with Gasteiger partial charge in [-0.15, -0.1) is 0 Å². The molecule has 0 aliphatic carbocycles. The molecule has 1 N–H and O–H groups in total. The van der Waals surface area contributed by atoms with Crippen LogP contribution in [0.15, 0.2) is 45.9 Å². The smallest absolute Gasteiger partial charge is 0.245 e. The Hall–Kier alpha value is -2.52. The zero-order chi connectivity index (χ0) is 19.6. The summed E-state index contributed by atoms with van der Waals surface area (Å²) in [5.41, 5.74) is 1.56. The van der Waals surface area contributed by atoms with Crippen molar-refractivity contribution < 1.29 is 12.9 Å². The lowest BCUT2D eigenvalue weighted by molar-refractivity contribution is 0.323. The van der Waals surface area contributed by atoms with Crippen LogP contribution >= 0.6 is 0 Å². The summed E-state index contributed by atoms with van der Waals surface area (Å²) >= 11 is 0. The van der Waals surface area contributed by atoms with Gasteiger partial charge in [0.15, 0.2) is 0 Å². The highest BCUT2D eigenvalue weighted by Crippen LogP contribution is 2.25. The molecule has 0 saturated heterocycles. The van der Waals surface area contributed by atoms with Crippen LogP contribution in [0.2, 0.25) is 0 Å². The molecule has 0 radical (unpaired) electrons. The van der Waals surface area contributed by atoms with Crippen molar-refractivity contribution in [2.45, 2.75) is 38.1 Å². The molecule has 0 aliphatic heterocycles. The number of rotatable bonds is 7. The van der Waals surface area contributed by atoms with Crippen LogP contribution in [0.5, 0.6) is 0 Å². The van der Waals surface area contributed by atoms with E-state index in [2.05, 4.69) is 20.0 Å². The van der Waals surface area contributed by atoms with Gasteiger partial charge < -0.3 is 4.52 Å². The van der Waals surface area contributed by atoms with Crippen molar-refractivity contribution in [3.8, 4) is 11.5 Å². The molecule has 0 amide bonds. The second-order valence-electron chi connectivity index (χ2n) is 6.95. The van der Waals surface area contributed by atoms with E-state index in [0.717, 1.165) is 5.56 Å². The topological polar surface area (TPSA) is 103 Å². The van der Waals surface area contributed by atoms with Crippen LogP contribution in [0.25, 0.3) is 11.5 Å². The van der Waals surface area contributed by atoms with Crippen LogP contribution in [-0.2, 0) is 17.1 Å². The fourth-order valence-electron chi connectivity index (χ4n) is 2.66. The van der Waals surface area contributed by atoms with Gasteiger partial charge in [0.2, 0.25) is 21.7 Å². The first-order valence-corrected chi connectivity index (χ1v) is 10.2. The van der Waals surface area contributed by atoms with Gasteiger partial charge in [-0.2, -0.15) is 14.8 Å². The van der Waals surface area contributed by atoms with Gasteiger partial charge in [-0.05, 0) is 37.5 Å². The largest absolute Gasteiger partial charge is 0.337 e. The number of aryl methyl sites for hydroxylation is 2. The van der Waals surface area contributed by atoms with E-state index in [0.29, 0.717) is 17.9 Å². The highest BCUT2D eigenvalue weighted by atomic mass is 32.2. The van der Waals surface area contributed by atoms with Crippen molar-refractivity contribution in [2.75, 3.05) is 0 Å². The lowest BCUT2D eigenvalue weighted by Crippen LogP contribution is -2.30. The number of benzene rings is 1. The van der Waals surface area contributed by atoms with E-state index in [-0.39, 0.29) is 16.7 Å². The first kappa shape index (κ1) is 19.2. The summed E-state index contributed by atoms with van der Waals surface area (Å²) in [5.74, 6) is 0.773. The van der Waals surface area contributed by atoms with Gasteiger partial charge in [-0.3, -0.25) is 4.68 Å². The molecule has 3 rings (SSSR count). The van der Waals surface area contributed by atoms with Crippen molar-refractivity contribution in [2.24, 2.45) is 13.0 Å². The lowest BCUT2D eigenvalue weighted by Gasteiger charge is -2.17. The molecule has 144 valence electrons. The number of hydrogen-bond acceptors (Lipinski definition) is 6. The summed E-state index contributed by atoms with van der Waals surface area (Å²) in [6, 6.07) is 7.83. The molecular formula is C18H23N5O3S. The molecule has 0 spiro atoms. The summed E-state index contributed by atoms with van der Waals surface area (Å²) in [4.78, 5) is 4.56. The number of sulfonamides is 1. The molecule has 0 aliphatic rings. The number of nitrogens with one attached hydrogen (secondary N) is 1. The maximum absolute atomic E-state index is 12.8. The van der Waals surface area contributed by atoms with Gasteiger partial charge in [0.05, 0.1) is 4.90 Å². The SMILES string of the molecule is Cc1ccc(S(=O)(=O)NC(CC(C)C)c2nc(-c3ccn(C)n3)no2)cc1. The van der Waals surface area contributed by atoms with Gasteiger partial charge in [0.25, 0.3) is 0 Å². The molecule has 9 heteroatoms. The minimum absolute atomic E-state index is 0.200. The van der Waals surface area contributed by atoms with Crippen LogP contribution in [-0.4, -0.2) is 28.3 Å². The Morgan fingerprint density at radius 3 is 2.48 bits per heavy atom. The summed E-state index contributed by atoms with van der Waals surface area (Å²) < 4.78 is 35.2. The van der Waals surface area contributed by atoms with E-state index in [4.69, 9.17) is 4.52 Å². The minimum Gasteiger partial charge on any atom is -0.337 e. The van der Waals surface area contributed by atoms with Crippen molar-refractivity contribution in [1.29, 1.82) is 0 Å². The van der Waals surface area contributed by atoms with E-state index in [1.54, 1.807) is 48.3 Å². The zero-order valence-electron chi connectivity index (χ0n) is 15.7. The van der Waals surface area contributed by atoms with Gasteiger partial charge in [0.1, 0.15) is 11.7 Å². The molecule has 2 aromatic heterocycles. The highest BCUT2D eigenvalue weighted by Gasteiger charge is 2.27. The van der Waals surface area contributed by atoms with Crippen molar-refractivity contribution in [3.63, 3.8) is 0 Å². The third-order valence-corrected chi connectivity index (χ3v) is 5.51. The van der Waals surface area contributed by atoms with Crippen molar-refractivity contribution in [3.05, 3.63) is 48.0 Å². The van der Waals surface area contributed by atoms with E-state index in [9.17, 15) is 8.42 Å². The van der Waals surface area contributed by atoms with Crippen LogP contribution in [0.3, 0.4) is 0 Å². The molecule has 1 unspecified atom stereocenters. The average molecular weight is 389 g/mol. The average Bonchev–Trinajstić information content (AvgIpc) is 3.23. The van der Waals surface area contributed by atoms with Crippen molar-refractivity contribution >= 4 is 10.0 Å². The van der Waals surface area contributed by atoms with Gasteiger partial charge >= 0.3 is 0 Å². The van der Waals surface area contributed by atoms with E-state index in [1.165, 1.54) is 0 Å². The Balaban J connectivity index is 1.88. The van der Waals surface area contributed by atoms with Gasteiger partial charge in [0, 0.05) is 13.2 Å². The lowest BCUT2D eigenvalue weighted by atomic mass is 10.0. The molecule has 0 fully saturated rings. The van der Waals surface area contributed by atoms with Gasteiger partial charge in [-0.1, -0.05) is 36.7 Å². The standard InChI is InChI=1S/C18H23N5O3S/c1-12(2)11-16(22-27(24,25)14-7-5-13(3)6-8-14)18-19-17(21-26-18)15-9-10-23(4)20-15/h5-10,12,16,22H,11H2,1-4H3. The second-order valence-corrected chi connectivity index (χ2v) is 8.66. The predicted molar refractivity (Wildman–Crippen MR) is 100 cm³/mol. The molecule has 8 nitrogen and oxygen atoms in total. The zero-order valence-corrected chi connectivity index (χ0v) is 16.6. The Labute approximate surface area is 158 Å². The van der Waals surface area contributed by atoms with E-state index in [1.807, 2.05) is 20.8 Å². The Morgan fingerprint density at radius 1 is 1.19 bits per heavy atom. The summed E-state index contributed by atoms with van der Waals surface area (Å²) in [5, 5.41) is 8.18. The van der Waals surface area contributed by atoms with Crippen LogP contribution in [0.1, 0.15) is 37.8 Å². The first-order valence-electron chi connectivity index (χ1n) is 8.67. The summed E-state index contributed by atoms with van der Waals surface area (Å²) in [6.45, 7) is 5.91. The van der Waals surface area contributed by atoms with Crippen molar-refractivity contribution in [1.82, 2.24) is 24.6 Å². The quantitative estimate of drug-likeness (QED) is 0.666. The van der Waals surface area contributed by atoms with E-state index >= 15 is 0 Å². The second kappa shape index (κ2) is 7.61. The maximum Gasteiger partial charge on any atom is 0.245 e. The van der Waals surface area contributed by atoms with Crippen LogP contribution in [0, 0.1) is 12.8 Å². The predicted octanol–water partition coefficient (Wildman–Crippen LogP) is 2.84. The maximum atomic E-state index is 12.8. The minimum atomic E-state index is -3.72. The fraction of sp³-hybridized carbons (Fsp3) is 0.389. The summed E-state index contributed by atoms with van der Waals surface area (Å²) in [6.07, 6.45) is 2.30. The van der Waals surface area contributed by atoms with Crippen LogP contribution < -0.4 is 4.72 Å². The summed E-state index contributed by atoms with van der Waals surface area (Å²) in [7, 11) is -1.93. The molecule has 0 saturated carbocycles. The molecule has 0 bridgehead atoms. The molecular weight excluding hydrogens is 366 g/mol. The molecule has 1 atom stereocenters. The molecule has 2 heterocycles. The molecule has 3 aromatic rings. The van der Waals surface area contributed by atoms with E-state index < -0.39 is 16.1 Å². The Kier molecular flexibility index (Phi) is 5.43.